The molecule has 3 nitrogen and oxygen atoms in total. The summed E-state index contributed by atoms with van der Waals surface area (Å²) < 4.78 is 19.2. The Balaban J connectivity index is 1.75. The third-order valence-electron chi connectivity index (χ3n) is 5.46. The van der Waals surface area contributed by atoms with E-state index in [-0.39, 0.29) is 17.8 Å². The number of rotatable bonds is 6. The maximum absolute atomic E-state index is 13.1. The summed E-state index contributed by atoms with van der Waals surface area (Å²) in [5.41, 5.74) is 3.33. The van der Waals surface area contributed by atoms with Gasteiger partial charge in [-0.15, -0.1) is 0 Å². The van der Waals surface area contributed by atoms with Crippen molar-refractivity contribution in [1.82, 2.24) is 4.90 Å². The first kappa shape index (κ1) is 19.8. The number of hydrogen-bond donors (Lipinski definition) is 1. The Kier molecular flexibility index (Phi) is 6.51. The lowest BCUT2D eigenvalue weighted by Gasteiger charge is -2.35. The molecule has 1 N–H and O–H groups in total. The minimum atomic E-state index is -0.234. The number of ether oxygens (including phenoxy) is 1. The lowest BCUT2D eigenvalue weighted by atomic mass is 9.76. The molecule has 2 aromatic rings. The summed E-state index contributed by atoms with van der Waals surface area (Å²) in [7, 11) is 4.11. The second-order valence-electron chi connectivity index (χ2n) is 8.06. The van der Waals surface area contributed by atoms with E-state index in [0.717, 1.165) is 42.7 Å². The third kappa shape index (κ3) is 5.30. The quantitative estimate of drug-likeness (QED) is 0.810. The fourth-order valence-corrected chi connectivity index (χ4v) is 4.04. The Morgan fingerprint density at radius 1 is 1.11 bits per heavy atom. The van der Waals surface area contributed by atoms with E-state index in [9.17, 15) is 9.50 Å². The average molecular weight is 371 g/mol. The molecule has 146 valence electrons. The molecule has 2 aromatic carbocycles. The topological polar surface area (TPSA) is 32.7 Å². The van der Waals surface area contributed by atoms with Gasteiger partial charge in [0.2, 0.25) is 0 Å². The van der Waals surface area contributed by atoms with Gasteiger partial charge in [-0.2, -0.15) is 0 Å². The van der Waals surface area contributed by atoms with Gasteiger partial charge >= 0.3 is 0 Å². The summed E-state index contributed by atoms with van der Waals surface area (Å²) >= 11 is 0. The molecule has 1 aliphatic carbocycles. The molecule has 1 aliphatic rings. The SMILES string of the molecule is Cc1ccc(C2CCC(O)C(CN(C)C)C2)c(OCc2ccc(F)cc2)c1. The zero-order valence-electron chi connectivity index (χ0n) is 16.5. The van der Waals surface area contributed by atoms with Crippen LogP contribution in [0.2, 0.25) is 0 Å². The molecular formula is C23H30FNO2. The van der Waals surface area contributed by atoms with Gasteiger partial charge in [0.15, 0.2) is 0 Å². The van der Waals surface area contributed by atoms with Gasteiger partial charge in [0, 0.05) is 6.54 Å². The van der Waals surface area contributed by atoms with E-state index in [2.05, 4.69) is 44.1 Å². The van der Waals surface area contributed by atoms with Gasteiger partial charge in [-0.05, 0) is 87.0 Å². The monoisotopic (exact) mass is 371 g/mol. The lowest BCUT2D eigenvalue weighted by Crippen LogP contribution is -2.35. The molecule has 3 unspecified atom stereocenters. The van der Waals surface area contributed by atoms with Gasteiger partial charge in [0.25, 0.3) is 0 Å². The van der Waals surface area contributed by atoms with Crippen LogP contribution >= 0.6 is 0 Å². The summed E-state index contributed by atoms with van der Waals surface area (Å²) in [6.07, 6.45) is 2.54. The molecule has 4 heteroatoms. The zero-order chi connectivity index (χ0) is 19.4. The second kappa shape index (κ2) is 8.85. The van der Waals surface area contributed by atoms with Crippen LogP contribution in [0.25, 0.3) is 0 Å². The number of aliphatic hydroxyl groups excluding tert-OH is 1. The molecular weight excluding hydrogens is 341 g/mol. The Hall–Kier alpha value is -1.91. The van der Waals surface area contributed by atoms with Crippen LogP contribution in [0.5, 0.6) is 5.75 Å². The predicted molar refractivity (Wildman–Crippen MR) is 107 cm³/mol. The minimum Gasteiger partial charge on any atom is -0.489 e. The number of hydrogen-bond acceptors (Lipinski definition) is 3. The van der Waals surface area contributed by atoms with Crippen molar-refractivity contribution >= 4 is 0 Å². The Labute approximate surface area is 161 Å². The fraction of sp³-hybridized carbons (Fsp3) is 0.478. The smallest absolute Gasteiger partial charge is 0.123 e. The predicted octanol–water partition coefficient (Wildman–Crippen LogP) is 4.52. The molecule has 1 saturated carbocycles. The number of benzene rings is 2. The van der Waals surface area contributed by atoms with E-state index < -0.39 is 0 Å². The first-order valence-corrected chi connectivity index (χ1v) is 9.73. The molecule has 0 saturated heterocycles. The number of nitrogens with zero attached hydrogens (tertiary/aromatic N) is 1. The van der Waals surface area contributed by atoms with Crippen LogP contribution < -0.4 is 4.74 Å². The van der Waals surface area contributed by atoms with Crippen molar-refractivity contribution in [2.75, 3.05) is 20.6 Å². The maximum atomic E-state index is 13.1. The summed E-state index contributed by atoms with van der Waals surface area (Å²) in [6, 6.07) is 12.8. The van der Waals surface area contributed by atoms with Crippen molar-refractivity contribution in [3.05, 3.63) is 65.0 Å². The van der Waals surface area contributed by atoms with Gasteiger partial charge in [-0.25, -0.2) is 4.39 Å². The summed E-state index contributed by atoms with van der Waals surface area (Å²) in [4.78, 5) is 2.15. The highest BCUT2D eigenvalue weighted by atomic mass is 19.1. The molecule has 0 heterocycles. The second-order valence-corrected chi connectivity index (χ2v) is 8.06. The van der Waals surface area contributed by atoms with Gasteiger partial charge in [0.05, 0.1) is 6.10 Å². The maximum Gasteiger partial charge on any atom is 0.123 e. The van der Waals surface area contributed by atoms with Crippen molar-refractivity contribution in [2.24, 2.45) is 5.92 Å². The standard InChI is InChI=1S/C23H30FNO2/c1-16-4-10-21(18-7-11-22(26)19(13-18)14-25(2)3)23(12-16)27-15-17-5-8-20(24)9-6-17/h4-6,8-10,12,18-19,22,26H,7,11,13-15H2,1-3H3. The van der Waals surface area contributed by atoms with Gasteiger partial charge in [-0.1, -0.05) is 24.3 Å². The van der Waals surface area contributed by atoms with Crippen LogP contribution in [0, 0.1) is 18.7 Å². The molecule has 27 heavy (non-hydrogen) atoms. The van der Waals surface area contributed by atoms with Gasteiger partial charge in [-0.3, -0.25) is 0 Å². The van der Waals surface area contributed by atoms with Crippen LogP contribution in [0.1, 0.15) is 41.9 Å². The summed E-state index contributed by atoms with van der Waals surface area (Å²) in [5, 5.41) is 10.4. The van der Waals surface area contributed by atoms with Gasteiger partial charge < -0.3 is 14.7 Å². The van der Waals surface area contributed by atoms with Gasteiger partial charge in [0.1, 0.15) is 18.2 Å². The van der Waals surface area contributed by atoms with Crippen molar-refractivity contribution in [1.29, 1.82) is 0 Å². The molecule has 0 bridgehead atoms. The highest BCUT2D eigenvalue weighted by Crippen LogP contribution is 2.40. The van der Waals surface area contributed by atoms with Crippen molar-refractivity contribution in [3.63, 3.8) is 0 Å². The molecule has 0 spiro atoms. The molecule has 0 aliphatic heterocycles. The third-order valence-corrected chi connectivity index (χ3v) is 5.46. The normalized spacial score (nSPS) is 22.8. The van der Waals surface area contributed by atoms with Crippen LogP contribution in [-0.2, 0) is 6.61 Å². The first-order valence-electron chi connectivity index (χ1n) is 9.73. The Morgan fingerprint density at radius 2 is 1.85 bits per heavy atom. The van der Waals surface area contributed by atoms with Crippen LogP contribution in [-0.4, -0.2) is 36.8 Å². The number of halogens is 1. The van der Waals surface area contributed by atoms with Crippen molar-refractivity contribution in [3.8, 4) is 5.75 Å². The fourth-order valence-electron chi connectivity index (χ4n) is 4.04. The summed E-state index contributed by atoms with van der Waals surface area (Å²) in [6.45, 7) is 3.39. The molecule has 3 rings (SSSR count). The van der Waals surface area contributed by atoms with E-state index in [0.29, 0.717) is 12.5 Å². The van der Waals surface area contributed by atoms with Crippen LogP contribution in [0.3, 0.4) is 0 Å². The van der Waals surface area contributed by atoms with E-state index in [1.54, 1.807) is 12.1 Å². The van der Waals surface area contributed by atoms with Crippen LogP contribution in [0.4, 0.5) is 4.39 Å². The molecule has 0 aromatic heterocycles. The Bertz CT molecular complexity index is 745. The van der Waals surface area contributed by atoms with E-state index in [4.69, 9.17) is 4.74 Å². The molecule has 3 atom stereocenters. The number of aryl methyl sites for hydroxylation is 1. The zero-order valence-corrected chi connectivity index (χ0v) is 16.5. The largest absolute Gasteiger partial charge is 0.489 e. The van der Waals surface area contributed by atoms with Crippen molar-refractivity contribution in [2.45, 2.75) is 44.8 Å². The highest BCUT2D eigenvalue weighted by Gasteiger charge is 2.31. The lowest BCUT2D eigenvalue weighted by molar-refractivity contribution is 0.0475. The molecule has 0 radical (unpaired) electrons. The van der Waals surface area contributed by atoms with E-state index in [1.165, 1.54) is 17.7 Å². The van der Waals surface area contributed by atoms with Crippen LogP contribution in [0.15, 0.2) is 42.5 Å². The number of aliphatic hydroxyl groups is 1. The average Bonchev–Trinajstić information content (AvgIpc) is 2.63. The molecule has 1 fully saturated rings. The highest BCUT2D eigenvalue weighted by molar-refractivity contribution is 5.40. The first-order chi connectivity index (χ1) is 12.9. The van der Waals surface area contributed by atoms with E-state index >= 15 is 0 Å². The summed E-state index contributed by atoms with van der Waals surface area (Å²) in [5.74, 6) is 1.35. The Morgan fingerprint density at radius 3 is 2.56 bits per heavy atom. The van der Waals surface area contributed by atoms with E-state index in [1.807, 2.05) is 0 Å². The minimum absolute atomic E-state index is 0.224. The molecule has 0 amide bonds. The van der Waals surface area contributed by atoms with Crippen molar-refractivity contribution < 1.29 is 14.2 Å².